The summed E-state index contributed by atoms with van der Waals surface area (Å²) in [6, 6.07) is 6.69. The second-order valence-corrected chi connectivity index (χ2v) is 5.36. The maximum absolute atomic E-state index is 12.0. The molecule has 1 aromatic carbocycles. The zero-order valence-electron chi connectivity index (χ0n) is 12.0. The molecule has 0 spiro atoms. The zero-order valence-corrected chi connectivity index (χ0v) is 13.5. The first kappa shape index (κ1) is 17.3. The van der Waals surface area contributed by atoms with E-state index in [2.05, 4.69) is 10.1 Å². The Morgan fingerprint density at radius 1 is 1.30 bits per heavy atom. The fraction of sp³-hybridized carbons (Fsp3) is 0.200. The number of methoxy groups -OCH3 is 1. The van der Waals surface area contributed by atoms with Crippen LogP contribution in [0.2, 0.25) is 10.0 Å². The van der Waals surface area contributed by atoms with Crippen molar-refractivity contribution in [1.82, 2.24) is 5.32 Å². The molecule has 0 fully saturated rings. The van der Waals surface area contributed by atoms with E-state index < -0.39 is 24.5 Å². The molecule has 0 saturated carbocycles. The van der Waals surface area contributed by atoms with E-state index in [0.717, 1.165) is 7.11 Å². The number of halogens is 2. The highest BCUT2D eigenvalue weighted by Crippen LogP contribution is 2.31. The van der Waals surface area contributed by atoms with E-state index in [1.165, 1.54) is 6.07 Å². The zero-order chi connectivity index (χ0) is 17.0. The number of aliphatic hydroxyl groups excluding tert-OH is 1. The van der Waals surface area contributed by atoms with Crippen molar-refractivity contribution in [2.45, 2.75) is 6.04 Å². The molecule has 6 nitrogen and oxygen atoms in total. The molecule has 1 amide bonds. The van der Waals surface area contributed by atoms with Gasteiger partial charge < -0.3 is 19.6 Å². The van der Waals surface area contributed by atoms with E-state index >= 15 is 0 Å². The van der Waals surface area contributed by atoms with Crippen molar-refractivity contribution < 1.29 is 23.8 Å². The average Bonchev–Trinajstić information content (AvgIpc) is 3.01. The molecule has 0 aliphatic rings. The number of rotatable bonds is 5. The number of carbonyl (C=O) groups excluding carboxylic acids is 2. The van der Waals surface area contributed by atoms with Gasteiger partial charge in [-0.05, 0) is 30.3 Å². The van der Waals surface area contributed by atoms with Crippen LogP contribution in [-0.2, 0) is 9.53 Å². The third kappa shape index (κ3) is 4.04. The highest BCUT2D eigenvalue weighted by atomic mass is 35.5. The van der Waals surface area contributed by atoms with E-state index in [1.54, 1.807) is 24.3 Å². The SMILES string of the molecule is COC(=O)[C@H](CO)NC(=O)c1ccc(-c2ccc(Cl)cc2Cl)o1. The Balaban J connectivity index is 2.18. The highest BCUT2D eigenvalue weighted by molar-refractivity contribution is 6.36. The second kappa shape index (κ2) is 7.50. The van der Waals surface area contributed by atoms with Gasteiger partial charge in [0.25, 0.3) is 5.91 Å². The van der Waals surface area contributed by atoms with E-state index in [4.69, 9.17) is 32.7 Å². The molecule has 122 valence electrons. The van der Waals surface area contributed by atoms with Crippen LogP contribution in [-0.4, -0.2) is 36.7 Å². The number of amides is 1. The second-order valence-electron chi connectivity index (χ2n) is 4.52. The molecule has 2 aromatic rings. The number of aliphatic hydroxyl groups is 1. The van der Waals surface area contributed by atoms with Crippen LogP contribution in [0, 0.1) is 0 Å². The van der Waals surface area contributed by atoms with E-state index in [-0.39, 0.29) is 5.76 Å². The molecule has 0 aliphatic heterocycles. The summed E-state index contributed by atoms with van der Waals surface area (Å²) in [5.41, 5.74) is 0.571. The lowest BCUT2D eigenvalue weighted by atomic mass is 10.2. The summed E-state index contributed by atoms with van der Waals surface area (Å²) >= 11 is 11.9. The summed E-state index contributed by atoms with van der Waals surface area (Å²) in [5, 5.41) is 12.3. The summed E-state index contributed by atoms with van der Waals surface area (Å²) in [4.78, 5) is 23.4. The molecule has 2 N–H and O–H groups in total. The van der Waals surface area contributed by atoms with Crippen molar-refractivity contribution >= 4 is 35.1 Å². The number of furan rings is 1. The van der Waals surface area contributed by atoms with Crippen LogP contribution in [0.15, 0.2) is 34.7 Å². The van der Waals surface area contributed by atoms with E-state index in [9.17, 15) is 9.59 Å². The summed E-state index contributed by atoms with van der Waals surface area (Å²) < 4.78 is 9.90. The first-order valence-corrected chi connectivity index (χ1v) is 7.26. The van der Waals surface area contributed by atoms with Gasteiger partial charge in [-0.15, -0.1) is 0 Å². The van der Waals surface area contributed by atoms with Crippen LogP contribution in [0.1, 0.15) is 10.6 Å². The standard InChI is InChI=1S/C15H13Cl2NO5/c1-22-15(21)11(7-19)18-14(20)13-5-4-12(23-13)9-3-2-8(16)6-10(9)17/h2-6,11,19H,7H2,1H3,(H,18,20)/t11-/m0/s1. The van der Waals surface area contributed by atoms with Crippen LogP contribution in [0.25, 0.3) is 11.3 Å². The normalized spacial score (nSPS) is 11.8. The number of carbonyl (C=O) groups is 2. The molecule has 1 heterocycles. The van der Waals surface area contributed by atoms with Crippen molar-refractivity contribution in [3.05, 3.63) is 46.1 Å². The summed E-state index contributed by atoms with van der Waals surface area (Å²) in [6.07, 6.45) is 0. The van der Waals surface area contributed by atoms with Gasteiger partial charge in [-0.1, -0.05) is 23.2 Å². The lowest BCUT2D eigenvalue weighted by Gasteiger charge is -2.12. The molecular weight excluding hydrogens is 345 g/mol. The number of benzene rings is 1. The molecule has 1 aromatic heterocycles. The van der Waals surface area contributed by atoms with Gasteiger partial charge in [0.2, 0.25) is 0 Å². The molecule has 0 bridgehead atoms. The third-order valence-corrected chi connectivity index (χ3v) is 3.55. The van der Waals surface area contributed by atoms with Gasteiger partial charge >= 0.3 is 5.97 Å². The van der Waals surface area contributed by atoms with Crippen molar-refractivity contribution in [3.63, 3.8) is 0 Å². The highest BCUT2D eigenvalue weighted by Gasteiger charge is 2.23. The Bertz CT molecular complexity index is 728. The largest absolute Gasteiger partial charge is 0.467 e. The molecule has 0 aliphatic carbocycles. The fourth-order valence-corrected chi connectivity index (χ4v) is 2.35. The van der Waals surface area contributed by atoms with Crippen LogP contribution in [0.3, 0.4) is 0 Å². The summed E-state index contributed by atoms with van der Waals surface area (Å²) in [7, 11) is 1.16. The average molecular weight is 358 g/mol. The Labute approximate surface area is 141 Å². The van der Waals surface area contributed by atoms with Crippen LogP contribution >= 0.6 is 23.2 Å². The van der Waals surface area contributed by atoms with Gasteiger partial charge in [-0.3, -0.25) is 4.79 Å². The fourth-order valence-electron chi connectivity index (χ4n) is 1.84. The van der Waals surface area contributed by atoms with Gasteiger partial charge in [-0.2, -0.15) is 0 Å². The van der Waals surface area contributed by atoms with Crippen LogP contribution < -0.4 is 5.32 Å². The lowest BCUT2D eigenvalue weighted by molar-refractivity contribution is -0.143. The summed E-state index contributed by atoms with van der Waals surface area (Å²) in [6.45, 7) is -0.588. The van der Waals surface area contributed by atoms with Crippen LogP contribution in [0.5, 0.6) is 0 Å². The first-order chi connectivity index (χ1) is 11.0. The Morgan fingerprint density at radius 3 is 2.65 bits per heavy atom. The van der Waals surface area contributed by atoms with Gasteiger partial charge in [-0.25, -0.2) is 4.79 Å². The number of nitrogens with one attached hydrogen (secondary N) is 1. The topological polar surface area (TPSA) is 88.8 Å². The Hall–Kier alpha value is -2.02. The molecule has 1 atom stereocenters. The number of hydrogen-bond donors (Lipinski definition) is 2. The predicted molar refractivity (Wildman–Crippen MR) is 84.5 cm³/mol. The predicted octanol–water partition coefficient (Wildman–Crippen LogP) is 2.52. The lowest BCUT2D eigenvalue weighted by Crippen LogP contribution is -2.43. The Morgan fingerprint density at radius 2 is 2.04 bits per heavy atom. The Kier molecular flexibility index (Phi) is 5.65. The minimum Gasteiger partial charge on any atom is -0.467 e. The van der Waals surface area contributed by atoms with Crippen molar-refractivity contribution in [3.8, 4) is 11.3 Å². The molecular formula is C15H13Cl2NO5. The maximum Gasteiger partial charge on any atom is 0.330 e. The molecule has 2 rings (SSSR count). The van der Waals surface area contributed by atoms with Crippen molar-refractivity contribution in [2.75, 3.05) is 13.7 Å². The smallest absolute Gasteiger partial charge is 0.330 e. The number of hydrogen-bond acceptors (Lipinski definition) is 5. The van der Waals surface area contributed by atoms with Gasteiger partial charge in [0.1, 0.15) is 5.76 Å². The van der Waals surface area contributed by atoms with Gasteiger partial charge in [0, 0.05) is 10.6 Å². The summed E-state index contributed by atoms with van der Waals surface area (Å²) in [5.74, 6) is -1.08. The van der Waals surface area contributed by atoms with Crippen molar-refractivity contribution in [1.29, 1.82) is 0 Å². The number of ether oxygens (including phenoxy) is 1. The molecule has 23 heavy (non-hydrogen) atoms. The van der Waals surface area contributed by atoms with Crippen molar-refractivity contribution in [2.24, 2.45) is 0 Å². The minimum atomic E-state index is -1.17. The van der Waals surface area contributed by atoms with E-state index in [0.29, 0.717) is 21.4 Å². The first-order valence-electron chi connectivity index (χ1n) is 6.51. The molecule has 0 radical (unpaired) electrons. The monoisotopic (exact) mass is 357 g/mol. The quantitative estimate of drug-likeness (QED) is 0.802. The molecule has 0 saturated heterocycles. The minimum absolute atomic E-state index is 0.0339. The van der Waals surface area contributed by atoms with Crippen LogP contribution in [0.4, 0.5) is 0 Å². The van der Waals surface area contributed by atoms with E-state index in [1.807, 2.05) is 0 Å². The third-order valence-electron chi connectivity index (χ3n) is 3.00. The molecule has 0 unspecified atom stereocenters. The van der Waals surface area contributed by atoms with Gasteiger partial charge in [0.15, 0.2) is 11.8 Å². The maximum atomic E-state index is 12.0. The van der Waals surface area contributed by atoms with Gasteiger partial charge in [0.05, 0.1) is 18.7 Å². The molecule has 8 heteroatoms. The number of esters is 1.